The Hall–Kier alpha value is -3.55. The average Bonchev–Trinajstić information content (AvgIpc) is 3.40. The van der Waals surface area contributed by atoms with E-state index in [1.165, 1.54) is 0 Å². The van der Waals surface area contributed by atoms with Crippen molar-refractivity contribution in [3.63, 3.8) is 0 Å². The molecule has 0 saturated heterocycles. The number of pyridine rings is 1. The molecule has 8 heteroatoms. The van der Waals surface area contributed by atoms with Gasteiger partial charge in [0.2, 0.25) is 0 Å². The van der Waals surface area contributed by atoms with Crippen LogP contribution in [0.5, 0.6) is 0 Å². The molecule has 0 unspecified atom stereocenters. The van der Waals surface area contributed by atoms with Crippen LogP contribution in [0, 0.1) is 0 Å². The van der Waals surface area contributed by atoms with Gasteiger partial charge in [-0.15, -0.1) is 10.2 Å². The Labute approximate surface area is 175 Å². The minimum Gasteiger partial charge on any atom is -0.352 e. The lowest BCUT2D eigenvalue weighted by atomic mass is 10.1. The number of fused-ring (bicyclic) bond motifs is 1. The summed E-state index contributed by atoms with van der Waals surface area (Å²) in [4.78, 5) is 17.9. The fraction of sp³-hybridized carbons (Fsp3) is 0.318. The zero-order valence-electron chi connectivity index (χ0n) is 17.4. The Morgan fingerprint density at radius 2 is 2.00 bits per heavy atom. The quantitative estimate of drug-likeness (QED) is 0.511. The Kier molecular flexibility index (Phi) is 5.56. The Bertz CT molecular complexity index is 1160. The Balaban J connectivity index is 1.65. The number of carbonyl (C=O) groups excluding carboxylic acids is 1. The third-order valence-corrected chi connectivity index (χ3v) is 5.04. The third-order valence-electron chi connectivity index (χ3n) is 5.04. The predicted molar refractivity (Wildman–Crippen MR) is 115 cm³/mol. The lowest BCUT2D eigenvalue weighted by Gasteiger charge is -2.11. The summed E-state index contributed by atoms with van der Waals surface area (Å²) in [6.07, 6.45) is 4.04. The van der Waals surface area contributed by atoms with Gasteiger partial charge in [-0.25, -0.2) is 9.67 Å². The maximum atomic E-state index is 13.1. The summed E-state index contributed by atoms with van der Waals surface area (Å²) in [5, 5.41) is 16.3. The minimum absolute atomic E-state index is 0.136. The molecule has 3 heterocycles. The van der Waals surface area contributed by atoms with Gasteiger partial charge in [-0.05, 0) is 26.8 Å². The van der Waals surface area contributed by atoms with Gasteiger partial charge >= 0.3 is 0 Å². The highest BCUT2D eigenvalue weighted by Crippen LogP contribution is 2.26. The van der Waals surface area contributed by atoms with E-state index in [1.54, 1.807) is 12.5 Å². The molecule has 0 aliphatic carbocycles. The topological polar surface area (TPSA) is 90.5 Å². The molecule has 0 spiro atoms. The van der Waals surface area contributed by atoms with Gasteiger partial charge in [0, 0.05) is 31.1 Å². The van der Waals surface area contributed by atoms with E-state index in [0.29, 0.717) is 24.2 Å². The van der Waals surface area contributed by atoms with E-state index >= 15 is 0 Å². The minimum atomic E-state index is -0.148. The molecule has 0 saturated carbocycles. The van der Waals surface area contributed by atoms with Gasteiger partial charge in [0.05, 0.1) is 22.8 Å². The second kappa shape index (κ2) is 8.44. The van der Waals surface area contributed by atoms with Crippen molar-refractivity contribution in [1.82, 2.24) is 34.8 Å². The summed E-state index contributed by atoms with van der Waals surface area (Å²) < 4.78 is 3.82. The molecule has 3 aromatic heterocycles. The molecule has 1 aromatic carbocycles. The molecule has 4 aromatic rings. The number of aromatic nitrogens is 6. The molecule has 0 fully saturated rings. The normalized spacial score (nSPS) is 11.3. The summed E-state index contributed by atoms with van der Waals surface area (Å²) in [7, 11) is 0. The van der Waals surface area contributed by atoms with Crippen LogP contribution in [0.2, 0.25) is 0 Å². The van der Waals surface area contributed by atoms with Crippen LogP contribution in [-0.4, -0.2) is 42.0 Å². The Morgan fingerprint density at radius 1 is 1.20 bits per heavy atom. The molecule has 30 heavy (non-hydrogen) atoms. The highest BCUT2D eigenvalue weighted by atomic mass is 16.1. The molecule has 0 aliphatic heterocycles. The van der Waals surface area contributed by atoms with Crippen molar-refractivity contribution in [3.8, 4) is 11.3 Å². The van der Waals surface area contributed by atoms with Crippen molar-refractivity contribution in [2.24, 2.45) is 0 Å². The van der Waals surface area contributed by atoms with Gasteiger partial charge in [-0.1, -0.05) is 30.3 Å². The molecule has 0 bridgehead atoms. The largest absolute Gasteiger partial charge is 0.352 e. The van der Waals surface area contributed by atoms with Crippen molar-refractivity contribution < 1.29 is 4.79 Å². The average molecular weight is 403 g/mol. The lowest BCUT2D eigenvalue weighted by Crippen LogP contribution is -2.26. The van der Waals surface area contributed by atoms with Crippen LogP contribution in [-0.2, 0) is 13.0 Å². The van der Waals surface area contributed by atoms with Crippen LogP contribution in [0.1, 0.15) is 43.0 Å². The summed E-state index contributed by atoms with van der Waals surface area (Å²) >= 11 is 0. The van der Waals surface area contributed by atoms with Crippen LogP contribution >= 0.6 is 0 Å². The number of nitrogens with one attached hydrogen (secondary N) is 1. The van der Waals surface area contributed by atoms with E-state index in [2.05, 4.69) is 20.6 Å². The molecular weight excluding hydrogens is 378 g/mol. The molecule has 8 nitrogen and oxygen atoms in total. The summed E-state index contributed by atoms with van der Waals surface area (Å²) in [5.74, 6) is 0.709. The number of benzene rings is 1. The maximum absolute atomic E-state index is 13.1. The molecule has 4 rings (SSSR count). The van der Waals surface area contributed by atoms with Crippen LogP contribution in [0.25, 0.3) is 22.3 Å². The number of amides is 1. The van der Waals surface area contributed by atoms with Gasteiger partial charge < -0.3 is 9.88 Å². The van der Waals surface area contributed by atoms with E-state index in [9.17, 15) is 4.79 Å². The van der Waals surface area contributed by atoms with E-state index in [0.717, 1.165) is 29.0 Å². The SMILES string of the molecule is CCn1cnnc1CCNC(=O)c1cc(-c2ccccc2)nc2c1cnn2C(C)C. The highest BCUT2D eigenvalue weighted by molar-refractivity contribution is 6.06. The van der Waals surface area contributed by atoms with E-state index in [4.69, 9.17) is 4.98 Å². The van der Waals surface area contributed by atoms with Gasteiger partial charge in [-0.3, -0.25) is 4.79 Å². The van der Waals surface area contributed by atoms with E-state index in [-0.39, 0.29) is 11.9 Å². The molecule has 1 N–H and O–H groups in total. The molecule has 1 amide bonds. The lowest BCUT2D eigenvalue weighted by molar-refractivity contribution is 0.0955. The number of nitrogens with zero attached hydrogens (tertiary/aromatic N) is 6. The van der Waals surface area contributed by atoms with Gasteiger partial charge in [-0.2, -0.15) is 5.10 Å². The first-order chi connectivity index (χ1) is 14.6. The van der Waals surface area contributed by atoms with Crippen LogP contribution in [0.4, 0.5) is 0 Å². The van der Waals surface area contributed by atoms with E-state index in [1.807, 2.05) is 66.4 Å². The molecular formula is C22H25N7O. The first-order valence-electron chi connectivity index (χ1n) is 10.2. The van der Waals surface area contributed by atoms with Gasteiger partial charge in [0.25, 0.3) is 5.91 Å². The summed E-state index contributed by atoms with van der Waals surface area (Å²) in [5.41, 5.74) is 2.99. The predicted octanol–water partition coefficient (Wildman–Crippen LogP) is 3.26. The summed E-state index contributed by atoms with van der Waals surface area (Å²) in [6, 6.07) is 11.8. The number of carbonyl (C=O) groups is 1. The second-order valence-electron chi connectivity index (χ2n) is 7.38. The molecule has 0 radical (unpaired) electrons. The monoisotopic (exact) mass is 403 g/mol. The molecule has 0 atom stereocenters. The van der Waals surface area contributed by atoms with Crippen molar-refractivity contribution in [1.29, 1.82) is 0 Å². The van der Waals surface area contributed by atoms with Crippen molar-refractivity contribution in [2.75, 3.05) is 6.54 Å². The van der Waals surface area contributed by atoms with Crippen LogP contribution in [0.15, 0.2) is 48.9 Å². The maximum Gasteiger partial charge on any atom is 0.252 e. The number of hydrogen-bond acceptors (Lipinski definition) is 5. The number of rotatable bonds is 7. The Morgan fingerprint density at radius 3 is 2.73 bits per heavy atom. The first kappa shape index (κ1) is 19.8. The fourth-order valence-corrected chi connectivity index (χ4v) is 3.46. The van der Waals surface area contributed by atoms with Gasteiger partial charge in [0.15, 0.2) is 5.65 Å². The molecule has 154 valence electrons. The third kappa shape index (κ3) is 3.80. The van der Waals surface area contributed by atoms with E-state index < -0.39 is 0 Å². The molecule has 0 aliphatic rings. The standard InChI is InChI=1S/C22H25N7O/c1-4-28-14-24-27-20(28)10-11-23-22(30)17-12-19(16-8-6-5-7-9-16)26-21-18(17)13-25-29(21)15(2)3/h5-9,12-15H,4,10-11H2,1-3H3,(H,23,30). The van der Waals surface area contributed by atoms with Gasteiger partial charge in [0.1, 0.15) is 12.2 Å². The van der Waals surface area contributed by atoms with Crippen LogP contribution < -0.4 is 5.32 Å². The smallest absolute Gasteiger partial charge is 0.252 e. The highest BCUT2D eigenvalue weighted by Gasteiger charge is 2.18. The van der Waals surface area contributed by atoms with Crippen LogP contribution in [0.3, 0.4) is 0 Å². The van der Waals surface area contributed by atoms with Crippen molar-refractivity contribution in [2.45, 2.75) is 39.8 Å². The number of aryl methyl sites for hydroxylation is 1. The van der Waals surface area contributed by atoms with Crippen molar-refractivity contribution >= 4 is 16.9 Å². The number of hydrogen-bond donors (Lipinski definition) is 1. The first-order valence-corrected chi connectivity index (χ1v) is 10.2. The zero-order chi connectivity index (χ0) is 21.1. The zero-order valence-corrected chi connectivity index (χ0v) is 17.4. The second-order valence-corrected chi connectivity index (χ2v) is 7.38. The summed E-state index contributed by atoms with van der Waals surface area (Å²) in [6.45, 7) is 7.41. The van der Waals surface area contributed by atoms with Crippen molar-refractivity contribution in [3.05, 3.63) is 60.3 Å². The fourth-order valence-electron chi connectivity index (χ4n) is 3.46.